The first-order valence-corrected chi connectivity index (χ1v) is 8.73. The molecule has 1 aliphatic rings. The predicted molar refractivity (Wildman–Crippen MR) is 87.2 cm³/mol. The molecule has 2 N–H and O–H groups in total. The Morgan fingerprint density at radius 2 is 2.15 bits per heavy atom. The van der Waals surface area contributed by atoms with Gasteiger partial charge in [0.25, 0.3) is 0 Å². The molecule has 0 radical (unpaired) electrons. The fourth-order valence-electron chi connectivity index (χ4n) is 2.10. The Morgan fingerprint density at radius 1 is 1.45 bits per heavy atom. The van der Waals surface area contributed by atoms with Crippen molar-refractivity contribution in [3.8, 4) is 0 Å². The van der Waals surface area contributed by atoms with Gasteiger partial charge in [0, 0.05) is 10.5 Å². The molecule has 4 nitrogen and oxygen atoms in total. The first-order valence-electron chi connectivity index (χ1n) is 6.08. The maximum Gasteiger partial charge on any atom is 0.240 e. The minimum Gasteiger partial charge on any atom is -0.316 e. The maximum atomic E-state index is 12.3. The van der Waals surface area contributed by atoms with E-state index in [-0.39, 0.29) is 29.3 Å². The van der Waals surface area contributed by atoms with Crippen molar-refractivity contribution in [3.63, 3.8) is 0 Å². The van der Waals surface area contributed by atoms with Gasteiger partial charge in [0.1, 0.15) is 0 Å². The van der Waals surface area contributed by atoms with Gasteiger partial charge in [-0.05, 0) is 59.6 Å². The summed E-state index contributed by atoms with van der Waals surface area (Å²) in [5.41, 5.74) is 0. The Balaban J connectivity index is 0.00000200. The van der Waals surface area contributed by atoms with Gasteiger partial charge < -0.3 is 5.32 Å². The van der Waals surface area contributed by atoms with Gasteiger partial charge in [0.15, 0.2) is 0 Å². The highest BCUT2D eigenvalue weighted by molar-refractivity contribution is 9.10. The van der Waals surface area contributed by atoms with Gasteiger partial charge in [0.2, 0.25) is 10.0 Å². The van der Waals surface area contributed by atoms with Gasteiger partial charge >= 0.3 is 0 Å². The van der Waals surface area contributed by atoms with E-state index in [0.717, 1.165) is 19.5 Å². The van der Waals surface area contributed by atoms with E-state index in [1.807, 2.05) is 6.92 Å². The third kappa shape index (κ3) is 4.32. The summed E-state index contributed by atoms with van der Waals surface area (Å²) in [5.74, 6) is 0.273. The summed E-state index contributed by atoms with van der Waals surface area (Å²) in [4.78, 5) is 0.200. The van der Waals surface area contributed by atoms with Gasteiger partial charge in [-0.15, -0.1) is 12.4 Å². The lowest BCUT2D eigenvalue weighted by Gasteiger charge is -2.29. The van der Waals surface area contributed by atoms with Crippen LogP contribution in [0.3, 0.4) is 0 Å². The van der Waals surface area contributed by atoms with Crippen LogP contribution in [0.4, 0.5) is 0 Å². The molecular weight excluding hydrogens is 387 g/mol. The molecule has 1 aromatic carbocycles. The van der Waals surface area contributed by atoms with Crippen LogP contribution in [-0.2, 0) is 10.0 Å². The maximum absolute atomic E-state index is 12.3. The fourth-order valence-corrected chi connectivity index (χ4v) is 4.00. The zero-order valence-corrected chi connectivity index (χ0v) is 14.9. The van der Waals surface area contributed by atoms with Crippen molar-refractivity contribution < 1.29 is 8.42 Å². The predicted octanol–water partition coefficient (Wildman–Crippen LogP) is 2.80. The fraction of sp³-hybridized carbons (Fsp3) is 0.500. The highest BCUT2D eigenvalue weighted by atomic mass is 79.9. The van der Waals surface area contributed by atoms with Crippen molar-refractivity contribution in [1.82, 2.24) is 10.0 Å². The van der Waals surface area contributed by atoms with Crippen molar-refractivity contribution >= 4 is 50.0 Å². The Bertz CT molecular complexity index is 569. The van der Waals surface area contributed by atoms with E-state index < -0.39 is 10.0 Å². The molecule has 1 heterocycles. The van der Waals surface area contributed by atoms with Crippen LogP contribution in [0.25, 0.3) is 0 Å². The number of rotatable bonds is 3. The van der Waals surface area contributed by atoms with Crippen LogP contribution < -0.4 is 10.0 Å². The molecular formula is C12H17BrCl2N2O2S. The number of nitrogens with one attached hydrogen (secondary N) is 2. The van der Waals surface area contributed by atoms with Gasteiger partial charge in [-0.25, -0.2) is 13.1 Å². The highest BCUT2D eigenvalue weighted by Crippen LogP contribution is 2.25. The van der Waals surface area contributed by atoms with E-state index in [1.54, 1.807) is 12.1 Å². The Morgan fingerprint density at radius 3 is 2.75 bits per heavy atom. The monoisotopic (exact) mass is 402 g/mol. The first-order chi connectivity index (χ1) is 8.90. The zero-order chi connectivity index (χ0) is 14.0. The van der Waals surface area contributed by atoms with Crippen molar-refractivity contribution in [3.05, 3.63) is 27.7 Å². The summed E-state index contributed by atoms with van der Waals surface area (Å²) in [6, 6.07) is 4.61. The zero-order valence-electron chi connectivity index (χ0n) is 10.9. The second kappa shape index (κ2) is 7.42. The van der Waals surface area contributed by atoms with Crippen LogP contribution in [0.15, 0.2) is 27.6 Å². The summed E-state index contributed by atoms with van der Waals surface area (Å²) < 4.78 is 28.1. The number of hydrogen-bond donors (Lipinski definition) is 2. The van der Waals surface area contributed by atoms with Crippen LogP contribution in [0.1, 0.15) is 13.3 Å². The lowest BCUT2D eigenvalue weighted by atomic mass is 9.97. The molecule has 2 unspecified atom stereocenters. The van der Waals surface area contributed by atoms with Crippen molar-refractivity contribution in [2.45, 2.75) is 24.3 Å². The molecule has 8 heteroatoms. The topological polar surface area (TPSA) is 58.2 Å². The Hall–Kier alpha value is 0.150. The van der Waals surface area contributed by atoms with Crippen LogP contribution in [0.5, 0.6) is 0 Å². The standard InChI is InChI=1S/C12H16BrClN2O2S.ClH/c1-8-7-15-5-4-12(8)16-19(17,18)9-2-3-10(13)11(14)6-9;/h2-3,6,8,12,15-16H,4-5,7H2,1H3;1H. The normalized spacial score (nSPS) is 23.1. The number of hydrogen-bond acceptors (Lipinski definition) is 3. The van der Waals surface area contributed by atoms with Crippen LogP contribution in [-0.4, -0.2) is 27.5 Å². The average Bonchev–Trinajstić information content (AvgIpc) is 2.35. The number of piperidine rings is 1. The lowest BCUT2D eigenvalue weighted by molar-refractivity contribution is 0.328. The van der Waals surface area contributed by atoms with Gasteiger partial charge in [-0.1, -0.05) is 18.5 Å². The molecule has 1 saturated heterocycles. The molecule has 0 bridgehead atoms. The molecule has 2 rings (SSSR count). The second-order valence-corrected chi connectivity index (χ2v) is 7.75. The third-order valence-electron chi connectivity index (χ3n) is 3.29. The van der Waals surface area contributed by atoms with Crippen molar-refractivity contribution in [1.29, 1.82) is 0 Å². The summed E-state index contributed by atoms with van der Waals surface area (Å²) in [6.45, 7) is 3.70. The second-order valence-electron chi connectivity index (χ2n) is 4.77. The summed E-state index contributed by atoms with van der Waals surface area (Å²) in [7, 11) is -3.52. The quantitative estimate of drug-likeness (QED) is 0.815. The molecule has 0 aromatic heterocycles. The van der Waals surface area contributed by atoms with E-state index in [0.29, 0.717) is 9.50 Å². The van der Waals surface area contributed by atoms with Crippen LogP contribution in [0, 0.1) is 5.92 Å². The van der Waals surface area contributed by atoms with Gasteiger partial charge in [0.05, 0.1) is 9.92 Å². The molecule has 0 spiro atoms. The van der Waals surface area contributed by atoms with Gasteiger partial charge in [-0.2, -0.15) is 0 Å². The number of halogens is 3. The van der Waals surface area contributed by atoms with E-state index in [4.69, 9.17) is 11.6 Å². The largest absolute Gasteiger partial charge is 0.316 e. The third-order valence-corrected chi connectivity index (χ3v) is 6.01. The van der Waals surface area contributed by atoms with E-state index >= 15 is 0 Å². The minimum atomic E-state index is -3.52. The van der Waals surface area contributed by atoms with Crippen LogP contribution in [0.2, 0.25) is 5.02 Å². The molecule has 114 valence electrons. The van der Waals surface area contributed by atoms with E-state index in [1.165, 1.54) is 6.07 Å². The highest BCUT2D eigenvalue weighted by Gasteiger charge is 2.26. The minimum absolute atomic E-state index is 0. The van der Waals surface area contributed by atoms with Crippen molar-refractivity contribution in [2.75, 3.05) is 13.1 Å². The molecule has 20 heavy (non-hydrogen) atoms. The van der Waals surface area contributed by atoms with Crippen molar-refractivity contribution in [2.24, 2.45) is 5.92 Å². The summed E-state index contributed by atoms with van der Waals surface area (Å²) in [5, 5.41) is 3.63. The smallest absolute Gasteiger partial charge is 0.240 e. The molecule has 1 aliphatic heterocycles. The Kier molecular flexibility index (Phi) is 6.76. The molecule has 0 amide bonds. The van der Waals surface area contributed by atoms with Crippen LogP contribution >= 0.6 is 39.9 Å². The average molecular weight is 404 g/mol. The molecule has 2 atom stereocenters. The van der Waals surface area contributed by atoms with E-state index in [2.05, 4.69) is 26.0 Å². The SMILES string of the molecule is CC1CNCCC1NS(=O)(=O)c1ccc(Br)c(Cl)c1.Cl. The molecule has 1 aromatic rings. The van der Waals surface area contributed by atoms with Gasteiger partial charge in [-0.3, -0.25) is 0 Å². The molecule has 0 saturated carbocycles. The molecule has 1 fully saturated rings. The summed E-state index contributed by atoms with van der Waals surface area (Å²) in [6.07, 6.45) is 0.796. The molecule has 0 aliphatic carbocycles. The first kappa shape index (κ1) is 18.2. The Labute approximate surface area is 139 Å². The number of benzene rings is 1. The summed E-state index contributed by atoms with van der Waals surface area (Å²) >= 11 is 9.19. The van der Waals surface area contributed by atoms with E-state index in [9.17, 15) is 8.42 Å². The lowest BCUT2D eigenvalue weighted by Crippen LogP contribution is -2.48. The number of sulfonamides is 1.